The van der Waals surface area contributed by atoms with Gasteiger partial charge in [-0.1, -0.05) is 158 Å². The summed E-state index contributed by atoms with van der Waals surface area (Å²) in [4.78, 5) is 7.23. The molecule has 0 spiro atoms. The third kappa shape index (κ3) is 5.12. The molecule has 4 heteroatoms. The first-order valence-corrected chi connectivity index (χ1v) is 19.6. The molecule has 0 radical (unpaired) electrons. The van der Waals surface area contributed by atoms with Crippen LogP contribution in [0.1, 0.15) is 0 Å². The highest BCUT2D eigenvalue weighted by Gasteiger charge is 2.42. The molecule has 8 aromatic carbocycles. The number of anilines is 3. The van der Waals surface area contributed by atoms with Gasteiger partial charge in [-0.2, -0.15) is 0 Å². The highest BCUT2D eigenvalue weighted by atomic mass is 31.2. The van der Waals surface area contributed by atoms with Gasteiger partial charge >= 0.3 is 0 Å². The molecule has 1 aliphatic rings. The number of hydrogen-bond donors (Lipinski definition) is 0. The molecular weight excluding hydrogens is 664 g/mol. The zero-order valence-electron chi connectivity index (χ0n) is 28.8. The van der Waals surface area contributed by atoms with Crippen molar-refractivity contribution in [1.29, 1.82) is 0 Å². The van der Waals surface area contributed by atoms with Gasteiger partial charge in [-0.15, -0.1) is 0 Å². The molecule has 9 aromatic rings. The maximum absolute atomic E-state index is 16.7. The molecular formula is C49H33N2OP. The van der Waals surface area contributed by atoms with Crippen molar-refractivity contribution in [3.8, 4) is 33.4 Å². The molecule has 250 valence electrons. The second kappa shape index (κ2) is 12.6. The quantitative estimate of drug-likeness (QED) is 0.133. The van der Waals surface area contributed by atoms with E-state index in [4.69, 9.17) is 4.98 Å². The molecule has 53 heavy (non-hydrogen) atoms. The monoisotopic (exact) mass is 696 g/mol. The van der Waals surface area contributed by atoms with Crippen molar-refractivity contribution in [3.05, 3.63) is 200 Å². The minimum absolute atomic E-state index is 0.805. The molecule has 0 fully saturated rings. The first kappa shape index (κ1) is 31.2. The highest BCUT2D eigenvalue weighted by molar-refractivity contribution is 7.86. The Bertz CT molecular complexity index is 2760. The van der Waals surface area contributed by atoms with Gasteiger partial charge in [-0.25, -0.2) is 0 Å². The zero-order valence-corrected chi connectivity index (χ0v) is 29.7. The molecule has 0 amide bonds. The second-order valence-corrected chi connectivity index (χ2v) is 16.2. The molecule has 0 N–H and O–H groups in total. The average molecular weight is 697 g/mol. The Kier molecular flexibility index (Phi) is 7.42. The van der Waals surface area contributed by atoms with Crippen molar-refractivity contribution in [1.82, 2.24) is 4.98 Å². The van der Waals surface area contributed by atoms with E-state index in [-0.39, 0.29) is 0 Å². The van der Waals surface area contributed by atoms with Crippen LogP contribution in [0.15, 0.2) is 200 Å². The van der Waals surface area contributed by atoms with Crippen LogP contribution >= 0.6 is 7.14 Å². The van der Waals surface area contributed by atoms with Gasteiger partial charge in [0, 0.05) is 32.9 Å². The Hall–Kier alpha value is -6.54. The van der Waals surface area contributed by atoms with Gasteiger partial charge in [0.25, 0.3) is 0 Å². The Morgan fingerprint density at radius 3 is 1.47 bits per heavy atom. The number of nitrogens with zero attached hydrogens (tertiary/aromatic N) is 2. The lowest BCUT2D eigenvalue weighted by molar-refractivity contribution is 0.592. The number of hydrogen-bond acceptors (Lipinski definition) is 3. The highest BCUT2D eigenvalue weighted by Crippen LogP contribution is 2.56. The van der Waals surface area contributed by atoms with Gasteiger partial charge in [0.05, 0.1) is 22.6 Å². The Labute approximate surface area is 308 Å². The fourth-order valence-corrected chi connectivity index (χ4v) is 10.9. The van der Waals surface area contributed by atoms with Crippen molar-refractivity contribution >= 4 is 61.8 Å². The van der Waals surface area contributed by atoms with Gasteiger partial charge in [0.1, 0.15) is 0 Å². The molecule has 3 nitrogen and oxygen atoms in total. The summed E-state index contributed by atoms with van der Waals surface area (Å²) in [5.74, 6) is 0. The zero-order chi connectivity index (χ0) is 35.4. The van der Waals surface area contributed by atoms with Crippen LogP contribution in [0.3, 0.4) is 0 Å². The number of fused-ring (bicyclic) bond motifs is 5. The van der Waals surface area contributed by atoms with Gasteiger partial charge < -0.3 is 9.46 Å². The van der Waals surface area contributed by atoms with Gasteiger partial charge in [-0.05, 0) is 75.2 Å². The van der Waals surface area contributed by atoms with Crippen molar-refractivity contribution in [2.24, 2.45) is 0 Å². The van der Waals surface area contributed by atoms with E-state index in [1.54, 1.807) is 0 Å². The van der Waals surface area contributed by atoms with Gasteiger partial charge in [0.2, 0.25) is 0 Å². The maximum atomic E-state index is 16.7. The average Bonchev–Trinajstić information content (AvgIpc) is 3.24. The Balaban J connectivity index is 1.29. The van der Waals surface area contributed by atoms with E-state index in [9.17, 15) is 0 Å². The molecule has 1 aromatic heterocycles. The van der Waals surface area contributed by atoms with Gasteiger partial charge in [0.15, 0.2) is 7.14 Å². The predicted molar refractivity (Wildman–Crippen MR) is 223 cm³/mol. The summed E-state index contributed by atoms with van der Waals surface area (Å²) < 4.78 is 16.7. The number of pyridine rings is 1. The van der Waals surface area contributed by atoms with Crippen LogP contribution in [0.5, 0.6) is 0 Å². The summed E-state index contributed by atoms with van der Waals surface area (Å²) in [6.07, 6.45) is 1.86. The van der Waals surface area contributed by atoms with Crippen molar-refractivity contribution < 1.29 is 4.57 Å². The van der Waals surface area contributed by atoms with E-state index in [0.717, 1.165) is 88.0 Å². The summed E-state index contributed by atoms with van der Waals surface area (Å²) in [5, 5.41) is 5.67. The van der Waals surface area contributed by atoms with Gasteiger partial charge in [-0.3, -0.25) is 4.98 Å². The molecule has 0 saturated carbocycles. The molecule has 2 heterocycles. The van der Waals surface area contributed by atoms with E-state index in [2.05, 4.69) is 175 Å². The van der Waals surface area contributed by atoms with Crippen LogP contribution in [0.25, 0.3) is 55.1 Å². The largest absolute Gasteiger partial charge is 0.308 e. The van der Waals surface area contributed by atoms with E-state index in [1.807, 2.05) is 30.5 Å². The summed E-state index contributed by atoms with van der Waals surface area (Å²) >= 11 is 0. The van der Waals surface area contributed by atoms with Crippen molar-refractivity contribution in [3.63, 3.8) is 0 Å². The van der Waals surface area contributed by atoms with Crippen LogP contribution < -0.4 is 20.8 Å². The molecule has 1 aliphatic heterocycles. The Morgan fingerprint density at radius 1 is 0.396 bits per heavy atom. The SMILES string of the molecule is O=P1(c2ccc(-c3ccccc3)cc2)c2cc(-c3ccccc3)ccc2N(c2cccc3ccc4cccnc4c23)c2ccc(-c3ccccc3)cc21. The summed E-state index contributed by atoms with van der Waals surface area (Å²) in [7, 11) is -3.48. The summed E-state index contributed by atoms with van der Waals surface area (Å²) in [5.41, 5.74) is 10.2. The topological polar surface area (TPSA) is 33.2 Å². The lowest BCUT2D eigenvalue weighted by Gasteiger charge is -2.39. The third-order valence-electron chi connectivity index (χ3n) is 10.5. The summed E-state index contributed by atoms with van der Waals surface area (Å²) in [6.45, 7) is 0. The minimum atomic E-state index is -3.48. The fraction of sp³-hybridized carbons (Fsp3) is 0. The number of benzene rings is 8. The molecule has 0 bridgehead atoms. The first-order chi connectivity index (χ1) is 26.2. The van der Waals surface area contributed by atoms with Crippen LogP contribution in [0.2, 0.25) is 0 Å². The van der Waals surface area contributed by atoms with E-state index in [1.165, 1.54) is 0 Å². The molecule has 0 saturated heterocycles. The molecule has 10 rings (SSSR count). The second-order valence-electron chi connectivity index (χ2n) is 13.5. The fourth-order valence-electron chi connectivity index (χ4n) is 7.92. The standard InChI is InChI=1S/C49H33N2OP/c52-53(42-27-23-37(24-28-42)34-12-4-1-5-13-34)46-32-40(35-14-6-2-7-15-35)25-29-43(46)51(44-30-26-41(33-47(44)53)36-16-8-3-9-17-36)45-20-10-18-38-21-22-39-19-11-31-50-49(39)48(38)45/h1-33H. The minimum Gasteiger partial charge on any atom is -0.308 e. The Morgan fingerprint density at radius 2 is 0.887 bits per heavy atom. The van der Waals surface area contributed by atoms with Crippen LogP contribution in [0.4, 0.5) is 17.1 Å². The number of rotatable bonds is 5. The lowest BCUT2D eigenvalue weighted by Crippen LogP contribution is -2.37. The number of aromatic nitrogens is 1. The summed E-state index contributed by atoms with van der Waals surface area (Å²) in [6, 6.07) is 67.3. The normalized spacial score (nSPS) is 13.1. The van der Waals surface area contributed by atoms with E-state index < -0.39 is 7.14 Å². The first-order valence-electron chi connectivity index (χ1n) is 17.9. The van der Waals surface area contributed by atoms with Crippen molar-refractivity contribution in [2.75, 3.05) is 4.90 Å². The van der Waals surface area contributed by atoms with Crippen LogP contribution in [-0.2, 0) is 4.57 Å². The van der Waals surface area contributed by atoms with E-state index >= 15 is 4.57 Å². The smallest absolute Gasteiger partial charge is 0.175 e. The molecule has 0 aliphatic carbocycles. The molecule has 0 atom stereocenters. The van der Waals surface area contributed by atoms with Crippen LogP contribution in [-0.4, -0.2) is 4.98 Å². The van der Waals surface area contributed by atoms with E-state index in [0.29, 0.717) is 0 Å². The molecule has 0 unspecified atom stereocenters. The van der Waals surface area contributed by atoms with Crippen molar-refractivity contribution in [2.45, 2.75) is 0 Å². The van der Waals surface area contributed by atoms with Crippen LogP contribution in [0, 0.1) is 0 Å². The predicted octanol–water partition coefficient (Wildman–Crippen LogP) is 11.8. The third-order valence-corrected chi connectivity index (χ3v) is 13.6. The lowest BCUT2D eigenvalue weighted by atomic mass is 10.0. The maximum Gasteiger partial charge on any atom is 0.175 e.